The highest BCUT2D eigenvalue weighted by Gasteiger charge is 2.31. The van der Waals surface area contributed by atoms with Gasteiger partial charge in [0.05, 0.1) is 5.56 Å². The number of hydrogen-bond acceptors (Lipinski definition) is 3. The molecule has 0 radical (unpaired) electrons. The van der Waals surface area contributed by atoms with Gasteiger partial charge in [0.1, 0.15) is 6.54 Å². The van der Waals surface area contributed by atoms with E-state index in [1.165, 1.54) is 0 Å². The molecule has 0 atom stereocenters. The predicted molar refractivity (Wildman–Crippen MR) is 92.9 cm³/mol. The van der Waals surface area contributed by atoms with Gasteiger partial charge in [-0.15, -0.1) is 0 Å². The molecule has 0 saturated carbocycles. The number of nitrogens with one attached hydrogen (secondary N) is 1. The molecule has 1 aliphatic rings. The summed E-state index contributed by atoms with van der Waals surface area (Å²) in [5.74, 6) is -0.158. The van der Waals surface area contributed by atoms with E-state index in [1.807, 2.05) is 13.8 Å². The number of aromatic nitrogens is 1. The van der Waals surface area contributed by atoms with Crippen molar-refractivity contribution < 1.29 is 22.8 Å². The van der Waals surface area contributed by atoms with Gasteiger partial charge < -0.3 is 14.8 Å². The summed E-state index contributed by atoms with van der Waals surface area (Å²) >= 11 is 0. The second kappa shape index (κ2) is 8.58. The molecule has 1 aromatic rings. The summed E-state index contributed by atoms with van der Waals surface area (Å²) in [4.78, 5) is 37.6. The number of pyridine rings is 1. The number of halogens is 3. The van der Waals surface area contributed by atoms with Crippen LogP contribution in [0.25, 0.3) is 0 Å². The third-order valence-corrected chi connectivity index (χ3v) is 4.42. The Morgan fingerprint density at radius 3 is 2.41 bits per heavy atom. The molecule has 2 rings (SSSR count). The van der Waals surface area contributed by atoms with Gasteiger partial charge in [-0.1, -0.05) is 13.8 Å². The van der Waals surface area contributed by atoms with E-state index in [2.05, 4.69) is 5.32 Å². The van der Waals surface area contributed by atoms with Gasteiger partial charge in [-0.3, -0.25) is 14.4 Å². The summed E-state index contributed by atoms with van der Waals surface area (Å²) in [6.07, 6.45) is -2.30. The minimum atomic E-state index is -4.58. The average Bonchev–Trinajstić information content (AvgIpc) is 2.55. The zero-order valence-corrected chi connectivity index (χ0v) is 15.4. The van der Waals surface area contributed by atoms with E-state index in [1.54, 1.807) is 4.90 Å². The largest absolute Gasteiger partial charge is 0.417 e. The van der Waals surface area contributed by atoms with Crippen LogP contribution in [0.5, 0.6) is 0 Å². The van der Waals surface area contributed by atoms with Gasteiger partial charge in [-0.05, 0) is 24.8 Å². The molecule has 1 N–H and O–H groups in total. The van der Waals surface area contributed by atoms with E-state index in [0.29, 0.717) is 44.6 Å². The number of piperidine rings is 1. The number of amides is 2. The van der Waals surface area contributed by atoms with Gasteiger partial charge in [0.15, 0.2) is 0 Å². The monoisotopic (exact) mass is 387 g/mol. The van der Waals surface area contributed by atoms with Gasteiger partial charge in [0.25, 0.3) is 5.56 Å². The van der Waals surface area contributed by atoms with Crippen LogP contribution in [0.3, 0.4) is 0 Å². The predicted octanol–water partition coefficient (Wildman–Crippen LogP) is 2.02. The average molecular weight is 387 g/mol. The van der Waals surface area contributed by atoms with Crippen LogP contribution in [0.2, 0.25) is 0 Å². The molecule has 2 amide bonds. The van der Waals surface area contributed by atoms with Crippen molar-refractivity contribution in [3.8, 4) is 0 Å². The molecule has 1 aliphatic heterocycles. The molecule has 9 heteroatoms. The standard InChI is InChI=1S/C18H24F3N3O3/c1-12(2)9-17(27)23-7-5-14(6-8-23)22-15(25)11-24-10-13(18(19,20)21)3-4-16(24)26/h3-4,10,12,14H,5-9,11H2,1-2H3,(H,22,25). The van der Waals surface area contributed by atoms with Crippen molar-refractivity contribution >= 4 is 11.8 Å². The Balaban J connectivity index is 1.89. The van der Waals surface area contributed by atoms with Crippen LogP contribution < -0.4 is 10.9 Å². The van der Waals surface area contributed by atoms with E-state index < -0.39 is 29.8 Å². The maximum Gasteiger partial charge on any atom is 0.417 e. The van der Waals surface area contributed by atoms with E-state index in [-0.39, 0.29) is 17.9 Å². The van der Waals surface area contributed by atoms with Crippen LogP contribution in [-0.4, -0.2) is 40.4 Å². The van der Waals surface area contributed by atoms with Crippen molar-refractivity contribution in [2.75, 3.05) is 13.1 Å². The lowest BCUT2D eigenvalue weighted by Gasteiger charge is -2.33. The third kappa shape index (κ3) is 6.11. The minimum absolute atomic E-state index is 0.0882. The molecular weight excluding hydrogens is 363 g/mol. The fourth-order valence-corrected chi connectivity index (χ4v) is 3.00. The van der Waals surface area contributed by atoms with E-state index in [4.69, 9.17) is 0 Å². The maximum absolute atomic E-state index is 12.7. The summed E-state index contributed by atoms with van der Waals surface area (Å²) in [6, 6.07) is 1.33. The van der Waals surface area contributed by atoms with Crippen molar-refractivity contribution in [2.45, 2.75) is 51.9 Å². The van der Waals surface area contributed by atoms with Crippen molar-refractivity contribution in [2.24, 2.45) is 5.92 Å². The Kier molecular flexibility index (Phi) is 6.67. The summed E-state index contributed by atoms with van der Waals surface area (Å²) in [7, 11) is 0. The smallest absolute Gasteiger partial charge is 0.352 e. The van der Waals surface area contributed by atoms with Crippen LogP contribution in [0.4, 0.5) is 13.2 Å². The number of hydrogen-bond donors (Lipinski definition) is 1. The Morgan fingerprint density at radius 1 is 1.22 bits per heavy atom. The first kappa shape index (κ1) is 21.0. The fourth-order valence-electron chi connectivity index (χ4n) is 3.00. The van der Waals surface area contributed by atoms with Crippen molar-refractivity contribution in [1.29, 1.82) is 0 Å². The molecule has 0 bridgehead atoms. The summed E-state index contributed by atoms with van der Waals surface area (Å²) in [5.41, 5.74) is -1.65. The van der Waals surface area contributed by atoms with Crippen LogP contribution in [0, 0.1) is 5.92 Å². The quantitative estimate of drug-likeness (QED) is 0.840. The molecule has 0 spiro atoms. The highest BCUT2D eigenvalue weighted by molar-refractivity contribution is 5.77. The number of carbonyl (C=O) groups excluding carboxylic acids is 2. The molecule has 1 aromatic heterocycles. The van der Waals surface area contributed by atoms with Crippen LogP contribution >= 0.6 is 0 Å². The normalized spacial score (nSPS) is 15.9. The molecule has 2 heterocycles. The highest BCUT2D eigenvalue weighted by atomic mass is 19.4. The second-order valence-corrected chi connectivity index (χ2v) is 7.20. The van der Waals surface area contributed by atoms with Crippen LogP contribution in [0.15, 0.2) is 23.1 Å². The first-order valence-corrected chi connectivity index (χ1v) is 8.91. The van der Waals surface area contributed by atoms with Crippen molar-refractivity contribution in [1.82, 2.24) is 14.8 Å². The van der Waals surface area contributed by atoms with E-state index in [0.717, 1.165) is 10.6 Å². The van der Waals surface area contributed by atoms with Crippen LogP contribution in [0.1, 0.15) is 38.7 Å². The van der Waals surface area contributed by atoms with Crippen molar-refractivity contribution in [3.05, 3.63) is 34.2 Å². The molecule has 27 heavy (non-hydrogen) atoms. The third-order valence-electron chi connectivity index (χ3n) is 4.42. The lowest BCUT2D eigenvalue weighted by atomic mass is 10.0. The highest BCUT2D eigenvalue weighted by Crippen LogP contribution is 2.28. The molecule has 0 aliphatic carbocycles. The molecule has 1 fully saturated rings. The second-order valence-electron chi connectivity index (χ2n) is 7.20. The lowest BCUT2D eigenvalue weighted by Crippen LogP contribution is -2.47. The van der Waals surface area contributed by atoms with Gasteiger partial charge in [-0.2, -0.15) is 13.2 Å². The molecule has 150 valence electrons. The minimum Gasteiger partial charge on any atom is -0.352 e. The van der Waals surface area contributed by atoms with E-state index in [9.17, 15) is 27.6 Å². The Bertz CT molecular complexity index is 735. The first-order valence-electron chi connectivity index (χ1n) is 8.91. The van der Waals surface area contributed by atoms with Crippen LogP contribution in [-0.2, 0) is 22.3 Å². The van der Waals surface area contributed by atoms with E-state index >= 15 is 0 Å². The number of carbonyl (C=O) groups is 2. The molecule has 6 nitrogen and oxygen atoms in total. The van der Waals surface area contributed by atoms with Crippen molar-refractivity contribution in [3.63, 3.8) is 0 Å². The SMILES string of the molecule is CC(C)CC(=O)N1CCC(NC(=O)Cn2cc(C(F)(F)F)ccc2=O)CC1. The van der Waals surface area contributed by atoms with Gasteiger partial charge in [0.2, 0.25) is 11.8 Å². The van der Waals surface area contributed by atoms with Gasteiger partial charge in [-0.25, -0.2) is 0 Å². The Hall–Kier alpha value is -2.32. The van der Waals surface area contributed by atoms with Gasteiger partial charge >= 0.3 is 6.18 Å². The topological polar surface area (TPSA) is 71.4 Å². The number of alkyl halides is 3. The number of likely N-dealkylation sites (tertiary alicyclic amines) is 1. The summed E-state index contributed by atoms with van der Waals surface area (Å²) in [5, 5.41) is 2.74. The Labute approximate surface area is 155 Å². The van der Waals surface area contributed by atoms with Gasteiger partial charge in [0, 0.05) is 37.8 Å². The zero-order valence-electron chi connectivity index (χ0n) is 15.4. The Morgan fingerprint density at radius 2 is 1.85 bits per heavy atom. The molecular formula is C18H24F3N3O3. The first-order chi connectivity index (χ1) is 12.6. The number of nitrogens with zero attached hydrogens (tertiary/aromatic N) is 2. The summed E-state index contributed by atoms with van der Waals surface area (Å²) in [6.45, 7) is 4.52. The number of rotatable bonds is 5. The zero-order chi connectivity index (χ0) is 20.2. The molecule has 0 aromatic carbocycles. The molecule has 1 saturated heterocycles. The maximum atomic E-state index is 12.7. The molecule has 0 unspecified atom stereocenters. The fraction of sp³-hybridized carbons (Fsp3) is 0.611. The lowest BCUT2D eigenvalue weighted by molar-refractivity contribution is -0.138. The summed E-state index contributed by atoms with van der Waals surface area (Å²) < 4.78 is 39.0.